The number of furan rings is 1. The van der Waals surface area contributed by atoms with Crippen LogP contribution in [0.4, 0.5) is 5.69 Å². The summed E-state index contributed by atoms with van der Waals surface area (Å²) >= 11 is 1.44. The fourth-order valence-corrected chi connectivity index (χ4v) is 4.21. The molecule has 0 saturated carbocycles. The van der Waals surface area contributed by atoms with Crippen LogP contribution < -0.4 is 4.90 Å². The summed E-state index contributed by atoms with van der Waals surface area (Å²) in [6.45, 7) is 5.65. The lowest BCUT2D eigenvalue weighted by atomic mass is 10.2. The maximum Gasteiger partial charge on any atom is 0.236 e. The maximum absolute atomic E-state index is 12.9. The van der Waals surface area contributed by atoms with E-state index in [1.165, 1.54) is 17.4 Å². The molecule has 0 N–H and O–H groups in total. The predicted molar refractivity (Wildman–Crippen MR) is 108 cm³/mol. The fraction of sp³-hybridized carbons (Fsp3) is 0.350. The fourth-order valence-electron chi connectivity index (χ4n) is 3.30. The summed E-state index contributed by atoms with van der Waals surface area (Å²) in [7, 11) is 0. The average molecular weight is 398 g/mol. The smallest absolute Gasteiger partial charge is 0.236 e. The molecule has 2 aromatic heterocycles. The summed E-state index contributed by atoms with van der Waals surface area (Å²) in [6, 6.07) is 14.1. The van der Waals surface area contributed by atoms with Crippen molar-refractivity contribution >= 4 is 23.4 Å². The van der Waals surface area contributed by atoms with E-state index in [1.54, 1.807) is 12.6 Å². The van der Waals surface area contributed by atoms with E-state index in [0.29, 0.717) is 6.54 Å². The molecule has 3 heterocycles. The van der Waals surface area contributed by atoms with Gasteiger partial charge < -0.3 is 18.8 Å². The minimum Gasteiger partial charge on any atom is -0.467 e. The van der Waals surface area contributed by atoms with Gasteiger partial charge in [-0.05, 0) is 31.2 Å². The molecule has 7 nitrogen and oxygen atoms in total. The molecule has 1 amide bonds. The normalized spacial score (nSPS) is 15.6. The largest absolute Gasteiger partial charge is 0.467 e. The van der Waals surface area contributed by atoms with Gasteiger partial charge in [0, 0.05) is 31.9 Å². The molecule has 1 saturated heterocycles. The van der Waals surface area contributed by atoms with Crippen LogP contribution in [-0.4, -0.2) is 57.0 Å². The van der Waals surface area contributed by atoms with Crippen molar-refractivity contribution in [1.29, 1.82) is 0 Å². The summed E-state index contributed by atoms with van der Waals surface area (Å²) in [5.74, 6) is 0.975. The summed E-state index contributed by atoms with van der Waals surface area (Å²) < 4.78 is 7.29. The van der Waals surface area contributed by atoms with Gasteiger partial charge in [-0.25, -0.2) is 0 Å². The lowest BCUT2D eigenvalue weighted by Gasteiger charge is -2.37. The molecule has 1 atom stereocenters. The second-order valence-corrected chi connectivity index (χ2v) is 8.04. The molecule has 0 radical (unpaired) electrons. The van der Waals surface area contributed by atoms with Gasteiger partial charge in [-0.2, -0.15) is 0 Å². The van der Waals surface area contributed by atoms with Crippen LogP contribution in [-0.2, 0) is 11.3 Å². The number of hydrogen-bond donors (Lipinski definition) is 0. The van der Waals surface area contributed by atoms with Crippen molar-refractivity contribution in [3.63, 3.8) is 0 Å². The number of piperazine rings is 1. The van der Waals surface area contributed by atoms with Crippen LogP contribution >= 0.6 is 11.8 Å². The number of carbonyl (C=O) groups is 1. The Bertz CT molecular complexity index is 888. The van der Waals surface area contributed by atoms with Gasteiger partial charge in [0.25, 0.3) is 0 Å². The van der Waals surface area contributed by atoms with E-state index in [2.05, 4.69) is 27.2 Å². The van der Waals surface area contributed by atoms with Gasteiger partial charge in [-0.3, -0.25) is 4.79 Å². The zero-order valence-electron chi connectivity index (χ0n) is 15.8. The summed E-state index contributed by atoms with van der Waals surface area (Å²) in [6.07, 6.45) is 3.31. The third-order valence-electron chi connectivity index (χ3n) is 4.83. The van der Waals surface area contributed by atoms with Gasteiger partial charge in [0.05, 0.1) is 18.1 Å². The van der Waals surface area contributed by atoms with Crippen LogP contribution in [0, 0.1) is 0 Å². The van der Waals surface area contributed by atoms with E-state index < -0.39 is 0 Å². The van der Waals surface area contributed by atoms with Crippen molar-refractivity contribution in [2.75, 3.05) is 31.1 Å². The second kappa shape index (κ2) is 8.52. The van der Waals surface area contributed by atoms with Crippen LogP contribution in [0.3, 0.4) is 0 Å². The molecule has 3 aromatic rings. The van der Waals surface area contributed by atoms with Gasteiger partial charge >= 0.3 is 0 Å². The number of nitrogens with zero attached hydrogens (tertiary/aromatic N) is 5. The molecule has 0 bridgehead atoms. The van der Waals surface area contributed by atoms with E-state index in [-0.39, 0.29) is 11.2 Å². The van der Waals surface area contributed by atoms with Crippen LogP contribution in [0.15, 0.2) is 64.6 Å². The Morgan fingerprint density at radius 3 is 2.64 bits per heavy atom. The molecule has 0 aliphatic carbocycles. The monoisotopic (exact) mass is 397 g/mol. The molecule has 28 heavy (non-hydrogen) atoms. The van der Waals surface area contributed by atoms with Crippen LogP contribution in [0.25, 0.3) is 0 Å². The number of amides is 1. The molecule has 1 aliphatic heterocycles. The summed E-state index contributed by atoms with van der Waals surface area (Å²) in [5, 5.41) is 8.66. The molecule has 1 aliphatic rings. The Labute approximate surface area is 168 Å². The highest BCUT2D eigenvalue weighted by atomic mass is 32.2. The van der Waals surface area contributed by atoms with Gasteiger partial charge in [-0.1, -0.05) is 30.0 Å². The Hall–Kier alpha value is -2.74. The quantitative estimate of drug-likeness (QED) is 0.596. The number of hydrogen-bond acceptors (Lipinski definition) is 6. The molecule has 146 valence electrons. The number of anilines is 1. The first-order chi connectivity index (χ1) is 13.7. The van der Waals surface area contributed by atoms with Crippen molar-refractivity contribution in [3.8, 4) is 0 Å². The van der Waals surface area contributed by atoms with E-state index in [1.807, 2.05) is 46.7 Å². The molecular weight excluding hydrogens is 374 g/mol. The molecular formula is C20H23N5O2S. The topological polar surface area (TPSA) is 67.4 Å². The maximum atomic E-state index is 12.9. The SMILES string of the molecule is CC(Sc1nncn1Cc1ccco1)C(=O)N1CCN(c2ccccc2)CC1. The highest BCUT2D eigenvalue weighted by Crippen LogP contribution is 2.24. The second-order valence-electron chi connectivity index (χ2n) is 6.73. The van der Waals surface area contributed by atoms with E-state index >= 15 is 0 Å². The van der Waals surface area contributed by atoms with Crippen molar-refractivity contribution in [3.05, 3.63) is 60.8 Å². The average Bonchev–Trinajstić information content (AvgIpc) is 3.41. The van der Waals surface area contributed by atoms with Gasteiger partial charge in [-0.15, -0.1) is 10.2 Å². The van der Waals surface area contributed by atoms with Crippen molar-refractivity contribution in [2.24, 2.45) is 0 Å². The highest BCUT2D eigenvalue weighted by molar-refractivity contribution is 8.00. The molecule has 1 unspecified atom stereocenters. The number of aromatic nitrogens is 3. The number of para-hydroxylation sites is 1. The minimum absolute atomic E-state index is 0.144. The standard InChI is InChI=1S/C20H23N5O2S/c1-16(28-20-22-21-15-25(20)14-18-8-5-13-27-18)19(26)24-11-9-23(10-12-24)17-6-3-2-4-7-17/h2-8,13,15-16H,9-12,14H2,1H3. The lowest BCUT2D eigenvalue weighted by molar-refractivity contribution is -0.130. The molecule has 0 spiro atoms. The summed E-state index contributed by atoms with van der Waals surface area (Å²) in [4.78, 5) is 17.2. The lowest BCUT2D eigenvalue weighted by Crippen LogP contribution is -2.50. The van der Waals surface area contributed by atoms with Crippen molar-refractivity contribution in [1.82, 2.24) is 19.7 Å². The first kappa shape index (κ1) is 18.6. The van der Waals surface area contributed by atoms with Gasteiger partial charge in [0.15, 0.2) is 5.16 Å². The summed E-state index contributed by atoms with van der Waals surface area (Å²) in [5.41, 5.74) is 1.21. The number of benzene rings is 1. The van der Waals surface area contributed by atoms with Crippen LogP contribution in [0.5, 0.6) is 0 Å². The zero-order valence-corrected chi connectivity index (χ0v) is 16.6. The van der Waals surface area contributed by atoms with Gasteiger partial charge in [0.2, 0.25) is 5.91 Å². The first-order valence-electron chi connectivity index (χ1n) is 9.36. The third-order valence-corrected chi connectivity index (χ3v) is 5.91. The van der Waals surface area contributed by atoms with E-state index in [4.69, 9.17) is 4.42 Å². The first-order valence-corrected chi connectivity index (χ1v) is 10.2. The third kappa shape index (κ3) is 4.22. The highest BCUT2D eigenvalue weighted by Gasteiger charge is 2.26. The Kier molecular flexibility index (Phi) is 5.66. The Balaban J connectivity index is 1.33. The van der Waals surface area contributed by atoms with E-state index in [9.17, 15) is 4.79 Å². The molecule has 1 fully saturated rings. The Morgan fingerprint density at radius 2 is 1.93 bits per heavy atom. The van der Waals surface area contributed by atoms with E-state index in [0.717, 1.165) is 37.1 Å². The number of carbonyl (C=O) groups excluding carboxylic acids is 1. The number of rotatable bonds is 6. The van der Waals surface area contributed by atoms with Crippen LogP contribution in [0.2, 0.25) is 0 Å². The van der Waals surface area contributed by atoms with Crippen molar-refractivity contribution in [2.45, 2.75) is 23.9 Å². The van der Waals surface area contributed by atoms with Gasteiger partial charge in [0.1, 0.15) is 12.1 Å². The minimum atomic E-state index is -0.220. The molecule has 4 rings (SSSR count). The number of thioether (sulfide) groups is 1. The molecule has 8 heteroatoms. The Morgan fingerprint density at radius 1 is 1.14 bits per heavy atom. The van der Waals surface area contributed by atoms with Crippen LogP contribution in [0.1, 0.15) is 12.7 Å². The predicted octanol–water partition coefficient (Wildman–Crippen LogP) is 2.75. The van der Waals surface area contributed by atoms with Crippen molar-refractivity contribution < 1.29 is 9.21 Å². The zero-order chi connectivity index (χ0) is 19.3. The molecule has 1 aromatic carbocycles.